The van der Waals surface area contributed by atoms with E-state index in [-0.39, 0.29) is 52.4 Å². The Hall–Kier alpha value is -4.37. The maximum absolute atomic E-state index is 12.5. The second-order valence-electron chi connectivity index (χ2n) is 12.8. The molecule has 0 radical (unpaired) electrons. The Morgan fingerprint density at radius 1 is 0.688 bits per heavy atom. The molecule has 14 heteroatoms. The molecule has 5 N–H and O–H groups in total. The zero-order chi connectivity index (χ0) is 33.8. The van der Waals surface area contributed by atoms with Gasteiger partial charge in [-0.15, -0.1) is 0 Å². The number of benzene rings is 1. The van der Waals surface area contributed by atoms with E-state index >= 15 is 0 Å². The van der Waals surface area contributed by atoms with Crippen molar-refractivity contribution in [2.45, 2.75) is 64.1 Å². The van der Waals surface area contributed by atoms with Crippen LogP contribution in [0.3, 0.4) is 0 Å². The third-order valence-corrected chi connectivity index (χ3v) is 9.32. The first kappa shape index (κ1) is 33.5. The third kappa shape index (κ3) is 7.51. The second kappa shape index (κ2) is 14.8. The van der Waals surface area contributed by atoms with E-state index in [4.69, 9.17) is 25.7 Å². The van der Waals surface area contributed by atoms with E-state index in [1.54, 1.807) is 9.80 Å². The predicted molar refractivity (Wildman–Crippen MR) is 179 cm³/mol. The van der Waals surface area contributed by atoms with Crippen LogP contribution in [0.4, 0.5) is 0 Å². The van der Waals surface area contributed by atoms with Crippen molar-refractivity contribution in [2.75, 3.05) is 45.8 Å². The van der Waals surface area contributed by atoms with Gasteiger partial charge in [-0.1, -0.05) is 6.42 Å². The lowest BCUT2D eigenvalue weighted by molar-refractivity contribution is -0.145. The second-order valence-corrected chi connectivity index (χ2v) is 12.8. The van der Waals surface area contributed by atoms with Crippen molar-refractivity contribution in [1.82, 2.24) is 34.6 Å². The molecule has 1 aliphatic carbocycles. The third-order valence-electron chi connectivity index (χ3n) is 9.32. The Morgan fingerprint density at radius 3 is 1.60 bits per heavy atom. The van der Waals surface area contributed by atoms with Crippen molar-refractivity contribution >= 4 is 50.7 Å². The van der Waals surface area contributed by atoms with Gasteiger partial charge >= 0.3 is 17.9 Å². The molecule has 0 unspecified atom stereocenters. The lowest BCUT2D eigenvalue weighted by Gasteiger charge is -2.33. The summed E-state index contributed by atoms with van der Waals surface area (Å²) in [5.74, 6) is -2.99. The summed E-state index contributed by atoms with van der Waals surface area (Å²) in [6, 6.07) is 6.83. The van der Waals surface area contributed by atoms with Gasteiger partial charge in [0.25, 0.3) is 0 Å². The van der Waals surface area contributed by atoms with Crippen LogP contribution in [-0.2, 0) is 40.3 Å². The van der Waals surface area contributed by atoms with Crippen molar-refractivity contribution in [3.8, 4) is 0 Å². The highest BCUT2D eigenvalue weighted by Crippen LogP contribution is 2.34. The molecule has 48 heavy (non-hydrogen) atoms. The molecule has 4 aromatic rings. The van der Waals surface area contributed by atoms with Crippen LogP contribution in [0.25, 0.3) is 32.8 Å². The van der Waals surface area contributed by atoms with Gasteiger partial charge < -0.3 is 21.1 Å². The number of aryl methyl sites for hydroxylation is 2. The summed E-state index contributed by atoms with van der Waals surface area (Å²) in [7, 11) is 0. The van der Waals surface area contributed by atoms with Crippen LogP contribution in [0.1, 0.15) is 54.9 Å². The minimum Gasteiger partial charge on any atom is -0.480 e. The van der Waals surface area contributed by atoms with E-state index in [0.717, 1.165) is 58.9 Å². The number of carboxylic acid groups (broad SMARTS) is 3. The first-order valence-corrected chi connectivity index (χ1v) is 16.7. The number of rotatable bonds is 10. The summed E-state index contributed by atoms with van der Waals surface area (Å²) in [5, 5.41) is 31.4. The maximum Gasteiger partial charge on any atom is 0.320 e. The number of nitrogens with two attached hydrogens (primary N) is 1. The number of nitrogens with zero attached hydrogens (tertiary/aromatic N) is 7. The molecule has 4 heterocycles. The normalized spacial score (nSPS) is 17.5. The Labute approximate surface area is 277 Å². The van der Waals surface area contributed by atoms with Crippen LogP contribution in [0, 0.1) is 0 Å². The average molecular weight is 659 g/mol. The molecule has 2 aliphatic rings. The molecule has 0 saturated heterocycles. The molecule has 0 amide bonds. The Morgan fingerprint density at radius 2 is 1.17 bits per heavy atom. The van der Waals surface area contributed by atoms with Gasteiger partial charge in [0, 0.05) is 50.0 Å². The molecule has 6 rings (SSSR count). The Bertz CT molecular complexity index is 1730. The average Bonchev–Trinajstić information content (AvgIpc) is 3.05. The van der Waals surface area contributed by atoms with Gasteiger partial charge in [0.1, 0.15) is 6.04 Å². The number of hydrogen-bond donors (Lipinski definition) is 4. The highest BCUT2D eigenvalue weighted by atomic mass is 16.4. The first-order chi connectivity index (χ1) is 23.2. The van der Waals surface area contributed by atoms with E-state index in [0.29, 0.717) is 48.2 Å². The molecule has 0 spiro atoms. The fourth-order valence-corrected chi connectivity index (χ4v) is 6.96. The van der Waals surface area contributed by atoms with Crippen LogP contribution in [-0.4, -0.2) is 120 Å². The van der Waals surface area contributed by atoms with Crippen LogP contribution in [0.5, 0.6) is 0 Å². The Kier molecular flexibility index (Phi) is 10.3. The van der Waals surface area contributed by atoms with Gasteiger partial charge in [-0.2, -0.15) is 0 Å². The summed E-state index contributed by atoms with van der Waals surface area (Å²) in [5.41, 5.74) is 11.7. The largest absolute Gasteiger partial charge is 0.480 e. The molecule has 14 nitrogen and oxygen atoms in total. The van der Waals surface area contributed by atoms with E-state index in [9.17, 15) is 29.7 Å². The lowest BCUT2D eigenvalue weighted by Crippen LogP contribution is -2.48. The first-order valence-electron chi connectivity index (χ1n) is 16.7. The molecule has 0 saturated carbocycles. The van der Waals surface area contributed by atoms with Crippen LogP contribution in [0.15, 0.2) is 24.3 Å². The molecule has 1 atom stereocenters. The molecule has 4 bridgehead atoms. The summed E-state index contributed by atoms with van der Waals surface area (Å²) < 4.78 is 0. The van der Waals surface area contributed by atoms with E-state index in [2.05, 4.69) is 0 Å². The molecule has 1 aliphatic heterocycles. The number of fused-ring (bicyclic) bond motifs is 6. The van der Waals surface area contributed by atoms with Crippen molar-refractivity contribution < 1.29 is 29.7 Å². The highest BCUT2D eigenvalue weighted by molar-refractivity contribution is 6.20. The topological polar surface area (TPSA) is 199 Å². The number of unbranched alkanes of at least 4 members (excludes halogenated alkanes) is 1. The number of aliphatic carboxylic acids is 3. The minimum absolute atomic E-state index is 0.223. The summed E-state index contributed by atoms with van der Waals surface area (Å²) >= 11 is 0. The zero-order valence-corrected chi connectivity index (χ0v) is 27.0. The van der Waals surface area contributed by atoms with Crippen molar-refractivity contribution in [3.05, 3.63) is 47.0 Å². The lowest BCUT2D eigenvalue weighted by atomic mass is 9.99. The van der Waals surface area contributed by atoms with E-state index in [1.807, 2.05) is 29.2 Å². The Balaban J connectivity index is 1.48. The van der Waals surface area contributed by atoms with Crippen molar-refractivity contribution in [2.24, 2.45) is 5.73 Å². The van der Waals surface area contributed by atoms with E-state index < -0.39 is 23.9 Å². The quantitative estimate of drug-likeness (QED) is 0.143. The van der Waals surface area contributed by atoms with Crippen molar-refractivity contribution in [3.63, 3.8) is 0 Å². The molecule has 254 valence electrons. The van der Waals surface area contributed by atoms with Gasteiger partial charge in [-0.3, -0.25) is 29.1 Å². The summed E-state index contributed by atoms with van der Waals surface area (Å²) in [6.45, 7) is 1.44. The fourth-order valence-electron chi connectivity index (χ4n) is 6.96. The van der Waals surface area contributed by atoms with Crippen LogP contribution < -0.4 is 5.73 Å². The molecule has 1 aromatic carbocycles. The molecule has 0 fully saturated rings. The van der Waals surface area contributed by atoms with Crippen LogP contribution >= 0.6 is 0 Å². The standard InChI is InChI=1S/C34H42N8O6/c35-12-4-3-7-27(34(47)48)42-15-13-40(19-28(43)44)17-21-8-10-23-30(36-21)31-24(33-32(23)38-25-5-1-2-6-26(25)39-33)11-9-22(37-31)18-41(14-16-42)20-29(45)46/h8-11,27H,1-7,12-20,35H2,(H,43,44)(H,45,46)(H,47,48)/t27-/m0/s1. The maximum atomic E-state index is 12.5. The highest BCUT2D eigenvalue weighted by Gasteiger charge is 2.28. The summed E-state index contributed by atoms with van der Waals surface area (Å²) in [4.78, 5) is 62.0. The fraction of sp³-hybridized carbons (Fsp3) is 0.500. The van der Waals surface area contributed by atoms with Gasteiger partial charge in [0.05, 0.1) is 57.9 Å². The smallest absolute Gasteiger partial charge is 0.320 e. The predicted octanol–water partition coefficient (Wildman–Crippen LogP) is 2.28. The molecule has 3 aromatic heterocycles. The van der Waals surface area contributed by atoms with Gasteiger partial charge in [0.2, 0.25) is 0 Å². The number of aromatic nitrogens is 4. The number of hydrogen-bond acceptors (Lipinski definition) is 11. The number of pyridine rings is 2. The monoisotopic (exact) mass is 658 g/mol. The number of carbonyl (C=O) groups is 3. The number of carboxylic acids is 3. The van der Waals surface area contributed by atoms with Gasteiger partial charge in [0.15, 0.2) is 0 Å². The van der Waals surface area contributed by atoms with Crippen LogP contribution in [0.2, 0.25) is 0 Å². The minimum atomic E-state index is -1.01. The molecular formula is C34H42N8O6. The SMILES string of the molecule is NCCCC[C@@H](C(=O)O)N1CCN(CC(=O)O)Cc2ccc3c(n2)c2nc(ccc2c2nc4c(nc32)CCCC4)CN(CC(=O)O)CC1. The van der Waals surface area contributed by atoms with E-state index in [1.165, 1.54) is 0 Å². The summed E-state index contributed by atoms with van der Waals surface area (Å²) in [6.07, 6.45) is 5.55. The zero-order valence-electron chi connectivity index (χ0n) is 27.0. The molecular weight excluding hydrogens is 616 g/mol. The van der Waals surface area contributed by atoms with Gasteiger partial charge in [-0.25, -0.2) is 19.9 Å². The van der Waals surface area contributed by atoms with Crippen molar-refractivity contribution in [1.29, 1.82) is 0 Å². The van der Waals surface area contributed by atoms with Gasteiger partial charge in [-0.05, 0) is 69.3 Å².